The molecule has 0 radical (unpaired) electrons. The summed E-state index contributed by atoms with van der Waals surface area (Å²) in [6, 6.07) is 4.44. The second-order valence-electron chi connectivity index (χ2n) is 5.11. The number of fused-ring (bicyclic) bond motifs is 1. The fraction of sp³-hybridized carbons (Fsp3) is 0.500. The van der Waals surface area contributed by atoms with Crippen LogP contribution in [0.5, 0.6) is 0 Å². The van der Waals surface area contributed by atoms with Crippen molar-refractivity contribution in [2.45, 2.75) is 46.6 Å². The maximum absolute atomic E-state index is 6.31. The Morgan fingerprint density at radius 1 is 1.26 bits per heavy atom. The van der Waals surface area contributed by atoms with Crippen molar-refractivity contribution in [2.75, 3.05) is 6.54 Å². The van der Waals surface area contributed by atoms with E-state index in [2.05, 4.69) is 32.2 Å². The summed E-state index contributed by atoms with van der Waals surface area (Å²) in [5.74, 6) is 1.01. The molecular formula is C16H22ClNO. The highest BCUT2D eigenvalue weighted by molar-refractivity contribution is 6.33. The second kappa shape index (κ2) is 5.98. The molecule has 0 aliphatic heterocycles. The lowest BCUT2D eigenvalue weighted by Gasteiger charge is -2.13. The molecule has 2 nitrogen and oxygen atoms in total. The summed E-state index contributed by atoms with van der Waals surface area (Å²) in [6.07, 6.45) is 2.15. The summed E-state index contributed by atoms with van der Waals surface area (Å²) in [6.45, 7) is 9.42. The van der Waals surface area contributed by atoms with Gasteiger partial charge in [-0.25, -0.2) is 0 Å². The van der Waals surface area contributed by atoms with Gasteiger partial charge in [-0.3, -0.25) is 0 Å². The van der Waals surface area contributed by atoms with Crippen molar-refractivity contribution in [2.24, 2.45) is 0 Å². The summed E-state index contributed by atoms with van der Waals surface area (Å²) in [5, 5.41) is 5.49. The van der Waals surface area contributed by atoms with Gasteiger partial charge in [0.25, 0.3) is 0 Å². The first-order valence-electron chi connectivity index (χ1n) is 7.01. The van der Waals surface area contributed by atoms with Crippen LogP contribution < -0.4 is 5.32 Å². The smallest absolute Gasteiger partial charge is 0.135 e. The zero-order chi connectivity index (χ0) is 14.0. The van der Waals surface area contributed by atoms with Gasteiger partial charge in [0.2, 0.25) is 0 Å². The van der Waals surface area contributed by atoms with Crippen LogP contribution in [-0.4, -0.2) is 6.54 Å². The van der Waals surface area contributed by atoms with Crippen LogP contribution in [0.25, 0.3) is 11.0 Å². The molecule has 19 heavy (non-hydrogen) atoms. The standard InChI is InChI=1S/C16H22ClNO/c1-5-7-18-13(6-2)15-9-12-11(4)16(17)10(3)8-14(12)19-15/h8-9,13,18H,5-7H2,1-4H3. The average molecular weight is 280 g/mol. The number of benzene rings is 1. The van der Waals surface area contributed by atoms with Gasteiger partial charge in [-0.1, -0.05) is 25.4 Å². The quantitative estimate of drug-likeness (QED) is 0.818. The predicted octanol–water partition coefficient (Wildman–Crippen LogP) is 5.15. The fourth-order valence-electron chi connectivity index (χ4n) is 2.44. The van der Waals surface area contributed by atoms with Crippen molar-refractivity contribution in [3.05, 3.63) is 34.0 Å². The molecule has 1 atom stereocenters. The highest BCUT2D eigenvalue weighted by Crippen LogP contribution is 2.33. The van der Waals surface area contributed by atoms with E-state index in [0.29, 0.717) is 0 Å². The van der Waals surface area contributed by atoms with Crippen LogP contribution >= 0.6 is 11.6 Å². The summed E-state index contributed by atoms with van der Waals surface area (Å²) in [7, 11) is 0. The summed E-state index contributed by atoms with van der Waals surface area (Å²) in [4.78, 5) is 0. The van der Waals surface area contributed by atoms with Gasteiger partial charge in [-0.2, -0.15) is 0 Å². The highest BCUT2D eigenvalue weighted by atomic mass is 35.5. The minimum Gasteiger partial charge on any atom is -0.459 e. The van der Waals surface area contributed by atoms with Gasteiger partial charge >= 0.3 is 0 Å². The number of rotatable bonds is 5. The van der Waals surface area contributed by atoms with Crippen molar-refractivity contribution in [1.29, 1.82) is 0 Å². The maximum atomic E-state index is 6.31. The molecule has 0 aliphatic rings. The van der Waals surface area contributed by atoms with Gasteiger partial charge in [-0.05, 0) is 56.5 Å². The maximum Gasteiger partial charge on any atom is 0.135 e. The van der Waals surface area contributed by atoms with E-state index in [1.165, 1.54) is 0 Å². The number of furan rings is 1. The van der Waals surface area contributed by atoms with Crippen LogP contribution in [0.3, 0.4) is 0 Å². The zero-order valence-electron chi connectivity index (χ0n) is 12.1. The van der Waals surface area contributed by atoms with E-state index in [9.17, 15) is 0 Å². The molecule has 0 spiro atoms. The Bertz CT molecular complexity index is 574. The number of aryl methyl sites for hydroxylation is 2. The minimum atomic E-state index is 0.283. The number of halogens is 1. The molecule has 1 heterocycles. The fourth-order valence-corrected chi connectivity index (χ4v) is 2.59. The van der Waals surface area contributed by atoms with E-state index in [1.54, 1.807) is 0 Å². The number of hydrogen-bond acceptors (Lipinski definition) is 2. The molecule has 0 amide bonds. The largest absolute Gasteiger partial charge is 0.459 e. The topological polar surface area (TPSA) is 25.2 Å². The number of nitrogens with one attached hydrogen (secondary N) is 1. The lowest BCUT2D eigenvalue weighted by atomic mass is 10.1. The molecule has 104 valence electrons. The Kier molecular flexibility index (Phi) is 4.54. The second-order valence-corrected chi connectivity index (χ2v) is 5.49. The molecular weight excluding hydrogens is 258 g/mol. The Labute approximate surface area is 120 Å². The van der Waals surface area contributed by atoms with E-state index < -0.39 is 0 Å². The van der Waals surface area contributed by atoms with Crippen molar-refractivity contribution in [1.82, 2.24) is 5.32 Å². The van der Waals surface area contributed by atoms with E-state index in [0.717, 1.165) is 52.3 Å². The van der Waals surface area contributed by atoms with Gasteiger partial charge in [0.1, 0.15) is 11.3 Å². The highest BCUT2D eigenvalue weighted by Gasteiger charge is 2.16. The molecule has 1 aromatic carbocycles. The van der Waals surface area contributed by atoms with Gasteiger partial charge in [0, 0.05) is 10.4 Å². The van der Waals surface area contributed by atoms with Gasteiger partial charge < -0.3 is 9.73 Å². The first-order valence-corrected chi connectivity index (χ1v) is 7.38. The third kappa shape index (κ3) is 2.80. The zero-order valence-corrected chi connectivity index (χ0v) is 12.9. The normalized spacial score (nSPS) is 13.1. The molecule has 1 unspecified atom stereocenters. The summed E-state index contributed by atoms with van der Waals surface area (Å²) in [5.41, 5.74) is 3.12. The molecule has 0 bridgehead atoms. The van der Waals surface area contributed by atoms with Crippen LogP contribution in [0.2, 0.25) is 5.02 Å². The molecule has 0 aliphatic carbocycles. The first kappa shape index (κ1) is 14.4. The average Bonchev–Trinajstić information content (AvgIpc) is 2.81. The van der Waals surface area contributed by atoms with Crippen molar-refractivity contribution in [3.63, 3.8) is 0 Å². The molecule has 2 rings (SSSR count). The summed E-state index contributed by atoms with van der Waals surface area (Å²) < 4.78 is 6.01. The third-order valence-electron chi connectivity index (χ3n) is 3.60. The lowest BCUT2D eigenvalue weighted by Crippen LogP contribution is -2.20. The minimum absolute atomic E-state index is 0.283. The Morgan fingerprint density at radius 3 is 2.63 bits per heavy atom. The van der Waals surface area contributed by atoms with Gasteiger partial charge in [-0.15, -0.1) is 0 Å². The Hall–Kier alpha value is -0.990. The molecule has 0 fully saturated rings. The summed E-state index contributed by atoms with van der Waals surface area (Å²) >= 11 is 6.31. The Morgan fingerprint density at radius 2 is 2.00 bits per heavy atom. The molecule has 2 aromatic rings. The van der Waals surface area contributed by atoms with Crippen molar-refractivity contribution >= 4 is 22.6 Å². The molecule has 0 saturated carbocycles. The molecule has 3 heteroatoms. The van der Waals surface area contributed by atoms with Crippen LogP contribution in [0.4, 0.5) is 0 Å². The number of hydrogen-bond donors (Lipinski definition) is 1. The third-order valence-corrected chi connectivity index (χ3v) is 4.18. The van der Waals surface area contributed by atoms with E-state index in [4.69, 9.17) is 16.0 Å². The SMILES string of the molecule is CCCNC(CC)c1cc2c(C)c(Cl)c(C)cc2o1. The Balaban J connectivity index is 2.43. The first-order chi connectivity index (χ1) is 9.08. The van der Waals surface area contributed by atoms with Gasteiger partial charge in [0.15, 0.2) is 0 Å². The lowest BCUT2D eigenvalue weighted by molar-refractivity contribution is 0.421. The predicted molar refractivity (Wildman–Crippen MR) is 82.0 cm³/mol. The van der Waals surface area contributed by atoms with E-state index >= 15 is 0 Å². The van der Waals surface area contributed by atoms with Crippen LogP contribution in [0.15, 0.2) is 16.5 Å². The van der Waals surface area contributed by atoms with Crippen molar-refractivity contribution < 1.29 is 4.42 Å². The van der Waals surface area contributed by atoms with Gasteiger partial charge in [0.05, 0.1) is 6.04 Å². The monoisotopic (exact) mass is 279 g/mol. The van der Waals surface area contributed by atoms with E-state index in [1.807, 2.05) is 13.0 Å². The molecule has 1 N–H and O–H groups in total. The molecule has 1 aromatic heterocycles. The van der Waals surface area contributed by atoms with Crippen LogP contribution in [0.1, 0.15) is 49.6 Å². The van der Waals surface area contributed by atoms with Crippen LogP contribution in [-0.2, 0) is 0 Å². The molecule has 0 saturated heterocycles. The van der Waals surface area contributed by atoms with Crippen LogP contribution in [0, 0.1) is 13.8 Å². The van der Waals surface area contributed by atoms with E-state index in [-0.39, 0.29) is 6.04 Å². The van der Waals surface area contributed by atoms with Crippen molar-refractivity contribution in [3.8, 4) is 0 Å².